The Bertz CT molecular complexity index is 1020. The van der Waals surface area contributed by atoms with Crippen molar-refractivity contribution in [1.29, 1.82) is 0 Å². The summed E-state index contributed by atoms with van der Waals surface area (Å²) in [5.41, 5.74) is 16.6. The normalized spacial score (nSPS) is 10.2. The summed E-state index contributed by atoms with van der Waals surface area (Å²) in [5.74, 6) is 0. The van der Waals surface area contributed by atoms with E-state index in [9.17, 15) is 5.53 Å². The van der Waals surface area contributed by atoms with Crippen LogP contribution in [0.15, 0.2) is 109 Å². The van der Waals surface area contributed by atoms with Crippen molar-refractivity contribution in [3.05, 3.63) is 126 Å². The molecule has 0 bridgehead atoms. The predicted octanol–water partition coefficient (Wildman–Crippen LogP) is 6.09. The van der Waals surface area contributed by atoms with Gasteiger partial charge < -0.3 is 5.53 Å². The molecule has 128 valence electrons. The molecule has 0 spiro atoms. The summed E-state index contributed by atoms with van der Waals surface area (Å²) in [5, 5.41) is 0. The summed E-state index contributed by atoms with van der Waals surface area (Å²) >= 11 is 0. The zero-order valence-electron chi connectivity index (χ0n) is 14.8. The van der Waals surface area contributed by atoms with E-state index in [1.165, 1.54) is 0 Å². The SMILES string of the molecule is [N-]=[N+]=C(c1ccccc1-c1ccccc1)c1ccccc1-c1ccccc1. The van der Waals surface area contributed by atoms with Crippen LogP contribution in [0.5, 0.6) is 0 Å². The van der Waals surface area contributed by atoms with Gasteiger partial charge in [0.1, 0.15) is 0 Å². The fraction of sp³-hybridized carbons (Fsp3) is 0. The molecule has 0 N–H and O–H groups in total. The molecule has 0 aliphatic carbocycles. The molecule has 0 aromatic heterocycles. The lowest BCUT2D eigenvalue weighted by molar-refractivity contribution is -0.00269. The molecule has 0 aliphatic heterocycles. The smallest absolute Gasteiger partial charge is 0.330 e. The van der Waals surface area contributed by atoms with Gasteiger partial charge in [0, 0.05) is 0 Å². The molecule has 2 heteroatoms. The van der Waals surface area contributed by atoms with Gasteiger partial charge in [-0.1, -0.05) is 97.1 Å². The Kier molecular flexibility index (Phi) is 4.74. The van der Waals surface area contributed by atoms with Crippen molar-refractivity contribution >= 4 is 5.71 Å². The van der Waals surface area contributed by atoms with Crippen molar-refractivity contribution in [3.63, 3.8) is 0 Å². The summed E-state index contributed by atoms with van der Waals surface area (Å²) in [7, 11) is 0. The maximum Gasteiger partial charge on any atom is 0.330 e. The van der Waals surface area contributed by atoms with Crippen LogP contribution in [-0.4, -0.2) is 10.5 Å². The zero-order valence-corrected chi connectivity index (χ0v) is 14.8. The molecule has 0 saturated heterocycles. The largest absolute Gasteiger partial charge is 0.361 e. The molecule has 0 saturated carbocycles. The fourth-order valence-corrected chi connectivity index (χ4v) is 3.37. The summed E-state index contributed by atoms with van der Waals surface area (Å²) in [6, 6.07) is 36.4. The lowest BCUT2D eigenvalue weighted by Crippen LogP contribution is -2.08. The first-order valence-electron chi connectivity index (χ1n) is 8.90. The van der Waals surface area contributed by atoms with Crippen LogP contribution >= 0.6 is 0 Å². The molecule has 0 atom stereocenters. The van der Waals surface area contributed by atoms with Crippen molar-refractivity contribution in [2.75, 3.05) is 0 Å². The van der Waals surface area contributed by atoms with E-state index in [4.69, 9.17) is 0 Å². The van der Waals surface area contributed by atoms with E-state index in [0.29, 0.717) is 5.71 Å². The van der Waals surface area contributed by atoms with Crippen LogP contribution < -0.4 is 0 Å². The average molecular weight is 346 g/mol. The van der Waals surface area contributed by atoms with Gasteiger partial charge in [0.05, 0.1) is 11.1 Å². The van der Waals surface area contributed by atoms with E-state index >= 15 is 0 Å². The van der Waals surface area contributed by atoms with E-state index in [-0.39, 0.29) is 0 Å². The van der Waals surface area contributed by atoms with Crippen molar-refractivity contribution in [1.82, 2.24) is 0 Å². The minimum atomic E-state index is 0.564. The second-order valence-corrected chi connectivity index (χ2v) is 6.27. The minimum Gasteiger partial charge on any atom is -0.361 e. The molecule has 4 rings (SSSR count). The zero-order chi connectivity index (χ0) is 18.5. The molecule has 4 aromatic carbocycles. The Balaban J connectivity index is 1.91. The highest BCUT2D eigenvalue weighted by Crippen LogP contribution is 2.29. The van der Waals surface area contributed by atoms with Crippen LogP contribution in [0.3, 0.4) is 0 Å². The first-order valence-corrected chi connectivity index (χ1v) is 8.90. The first-order chi connectivity index (χ1) is 13.4. The summed E-state index contributed by atoms with van der Waals surface area (Å²) in [4.78, 5) is 3.72. The molecular formula is C25H18N2. The summed E-state index contributed by atoms with van der Waals surface area (Å²) in [6.07, 6.45) is 0. The van der Waals surface area contributed by atoms with Gasteiger partial charge in [-0.05, 0) is 34.4 Å². The maximum absolute atomic E-state index is 9.96. The monoisotopic (exact) mass is 346 g/mol. The molecule has 2 nitrogen and oxygen atoms in total. The van der Waals surface area contributed by atoms with Gasteiger partial charge in [-0.3, -0.25) is 0 Å². The molecule has 0 radical (unpaired) electrons. The van der Waals surface area contributed by atoms with Crippen molar-refractivity contribution in [2.24, 2.45) is 0 Å². The third-order valence-electron chi connectivity index (χ3n) is 4.63. The molecule has 0 heterocycles. The highest BCUT2D eigenvalue weighted by molar-refractivity contribution is 6.16. The van der Waals surface area contributed by atoms with Gasteiger partial charge in [-0.15, -0.1) is 0 Å². The standard InChI is InChI=1S/C25H18N2/c26-27-25(23-17-9-7-15-21(23)19-11-3-1-4-12-19)24-18-10-8-16-22(24)20-13-5-2-6-14-20/h1-18H. The van der Waals surface area contributed by atoms with Crippen LogP contribution in [0, 0.1) is 0 Å². The minimum absolute atomic E-state index is 0.564. The number of hydrogen-bond acceptors (Lipinski definition) is 0. The van der Waals surface area contributed by atoms with Crippen LogP contribution in [-0.2, 0) is 0 Å². The quantitative estimate of drug-likeness (QED) is 0.244. The number of rotatable bonds is 4. The number of benzene rings is 4. The molecule has 0 fully saturated rings. The van der Waals surface area contributed by atoms with Crippen LogP contribution in [0.4, 0.5) is 0 Å². The molecule has 0 amide bonds. The Morgan fingerprint density at radius 2 is 0.852 bits per heavy atom. The predicted molar refractivity (Wildman–Crippen MR) is 111 cm³/mol. The van der Waals surface area contributed by atoms with Crippen molar-refractivity contribution < 1.29 is 4.79 Å². The van der Waals surface area contributed by atoms with E-state index < -0.39 is 0 Å². The van der Waals surface area contributed by atoms with Crippen molar-refractivity contribution in [3.8, 4) is 22.3 Å². The van der Waals surface area contributed by atoms with Crippen LogP contribution in [0.1, 0.15) is 11.1 Å². The van der Waals surface area contributed by atoms with Gasteiger partial charge in [0.25, 0.3) is 0 Å². The number of hydrogen-bond donors (Lipinski definition) is 0. The molecule has 27 heavy (non-hydrogen) atoms. The van der Waals surface area contributed by atoms with Gasteiger partial charge in [-0.2, -0.15) is 4.79 Å². The van der Waals surface area contributed by atoms with Crippen LogP contribution in [0.2, 0.25) is 0 Å². The maximum atomic E-state index is 9.96. The lowest BCUT2D eigenvalue weighted by atomic mass is 9.89. The topological polar surface area (TPSA) is 36.4 Å². The van der Waals surface area contributed by atoms with Gasteiger partial charge >= 0.3 is 5.71 Å². The Hall–Kier alpha value is -3.74. The van der Waals surface area contributed by atoms with E-state index in [2.05, 4.69) is 41.2 Å². The average Bonchev–Trinajstić information content (AvgIpc) is 2.76. The summed E-state index contributed by atoms with van der Waals surface area (Å²) in [6.45, 7) is 0. The molecule has 0 unspecified atom stereocenters. The molecule has 4 aromatic rings. The van der Waals surface area contributed by atoms with E-state index in [1.54, 1.807) is 0 Å². The third-order valence-corrected chi connectivity index (χ3v) is 4.63. The fourth-order valence-electron chi connectivity index (χ4n) is 3.37. The first kappa shape index (κ1) is 16.7. The molecule has 0 aliphatic rings. The lowest BCUT2D eigenvalue weighted by Gasteiger charge is -2.10. The van der Waals surface area contributed by atoms with Crippen LogP contribution in [0.25, 0.3) is 27.8 Å². The Morgan fingerprint density at radius 3 is 1.26 bits per heavy atom. The van der Waals surface area contributed by atoms with Crippen molar-refractivity contribution in [2.45, 2.75) is 0 Å². The number of nitrogens with zero attached hydrogens (tertiary/aromatic N) is 2. The second kappa shape index (κ2) is 7.65. The highest BCUT2D eigenvalue weighted by Gasteiger charge is 2.22. The summed E-state index contributed by atoms with van der Waals surface area (Å²) < 4.78 is 0. The molecular weight excluding hydrogens is 328 g/mol. The van der Waals surface area contributed by atoms with Gasteiger partial charge in [0.15, 0.2) is 0 Å². The third kappa shape index (κ3) is 3.35. The Morgan fingerprint density at radius 1 is 0.481 bits per heavy atom. The highest BCUT2D eigenvalue weighted by atomic mass is 14.9. The van der Waals surface area contributed by atoms with E-state index in [0.717, 1.165) is 33.4 Å². The Labute approximate surface area is 159 Å². The van der Waals surface area contributed by atoms with E-state index in [1.807, 2.05) is 72.8 Å². The second-order valence-electron chi connectivity index (χ2n) is 6.27. The van der Waals surface area contributed by atoms with Gasteiger partial charge in [0.2, 0.25) is 0 Å². The van der Waals surface area contributed by atoms with Gasteiger partial charge in [-0.25, -0.2) is 0 Å².